The van der Waals surface area contributed by atoms with Crippen LogP contribution >= 0.6 is 0 Å². The van der Waals surface area contributed by atoms with Crippen molar-refractivity contribution in [2.75, 3.05) is 12.8 Å². The van der Waals surface area contributed by atoms with E-state index in [0.29, 0.717) is 6.42 Å². The molecule has 0 amide bonds. The molecule has 2 aromatic carbocycles. The number of benzene rings is 2. The van der Waals surface area contributed by atoms with Gasteiger partial charge in [-0.25, -0.2) is 0 Å². The van der Waals surface area contributed by atoms with E-state index in [9.17, 15) is 4.79 Å². The number of nitrogens with zero attached hydrogens (tertiary/aromatic N) is 1. The van der Waals surface area contributed by atoms with Gasteiger partial charge in [-0.3, -0.25) is 4.79 Å². The number of esters is 1. The second kappa shape index (κ2) is 8.72. The fourth-order valence-electron chi connectivity index (χ4n) is 2.68. The van der Waals surface area contributed by atoms with Crippen LogP contribution in [0.5, 0.6) is 0 Å². The van der Waals surface area contributed by atoms with E-state index in [0.717, 1.165) is 29.7 Å². The van der Waals surface area contributed by atoms with Crippen LogP contribution in [0.3, 0.4) is 0 Å². The van der Waals surface area contributed by atoms with Crippen molar-refractivity contribution in [1.82, 2.24) is 0 Å². The van der Waals surface area contributed by atoms with Crippen LogP contribution in [0.2, 0.25) is 0 Å². The predicted octanol–water partition coefficient (Wildman–Crippen LogP) is 2.84. The van der Waals surface area contributed by atoms with E-state index in [-0.39, 0.29) is 11.9 Å². The fourth-order valence-corrected chi connectivity index (χ4v) is 2.68. The molecular weight excluding hydrogens is 302 g/mol. The molecule has 5 nitrogen and oxygen atoms in total. The largest absolute Gasteiger partial charge is 0.469 e. The second-order valence-electron chi connectivity index (χ2n) is 5.71. The Morgan fingerprint density at radius 1 is 1.25 bits per heavy atom. The molecule has 0 saturated heterocycles. The number of ether oxygens (including phenoxy) is 1. The number of carbonyl (C=O) groups is 1. The molecule has 1 unspecified atom stereocenters. The highest BCUT2D eigenvalue weighted by Gasteiger charge is 2.17. The summed E-state index contributed by atoms with van der Waals surface area (Å²) in [4.78, 5) is 11.8. The second-order valence-corrected chi connectivity index (χ2v) is 5.71. The van der Waals surface area contributed by atoms with E-state index >= 15 is 0 Å². The first-order valence-corrected chi connectivity index (χ1v) is 7.87. The molecule has 0 aromatic heterocycles. The number of nitrogens with two attached hydrogens (primary N) is 2. The number of nitrogen functional groups attached to an aromatic ring is 1. The number of hydrogen-bond acceptors (Lipinski definition) is 5. The molecule has 2 aromatic rings. The lowest BCUT2D eigenvalue weighted by molar-refractivity contribution is -0.141. The Morgan fingerprint density at radius 3 is 2.67 bits per heavy atom. The molecule has 0 aliphatic rings. The Bertz CT molecular complexity index is 696. The van der Waals surface area contributed by atoms with E-state index in [2.05, 4.69) is 5.10 Å². The number of aryl methyl sites for hydroxylation is 1. The molecule has 2 rings (SSSR count). The van der Waals surface area contributed by atoms with E-state index in [1.165, 1.54) is 12.7 Å². The first-order valence-electron chi connectivity index (χ1n) is 7.87. The number of rotatable bonds is 7. The van der Waals surface area contributed by atoms with Crippen molar-refractivity contribution < 1.29 is 9.53 Å². The number of anilines is 1. The van der Waals surface area contributed by atoms with Gasteiger partial charge in [0.2, 0.25) is 0 Å². The highest BCUT2D eigenvalue weighted by Crippen LogP contribution is 2.26. The van der Waals surface area contributed by atoms with Gasteiger partial charge in [0.15, 0.2) is 0 Å². The van der Waals surface area contributed by atoms with Crippen LogP contribution in [0.25, 0.3) is 0 Å². The molecular formula is C19H23N3O2. The minimum atomic E-state index is -0.213. The minimum Gasteiger partial charge on any atom is -0.469 e. The zero-order chi connectivity index (χ0) is 17.4. The van der Waals surface area contributed by atoms with Gasteiger partial charge >= 0.3 is 5.97 Å². The summed E-state index contributed by atoms with van der Waals surface area (Å²) >= 11 is 0. The Balaban J connectivity index is 2.16. The molecule has 0 radical (unpaired) electrons. The topological polar surface area (TPSA) is 90.7 Å². The standard InChI is InChI=1S/C19H23N3O2/c1-24-19(23)12-17(8-5-14-6-9-18(20)10-7-14)16-4-2-3-15(11-16)13-22-21/h2-4,6-7,9-11,13,17H,5,8,12,20-21H2,1H3. The van der Waals surface area contributed by atoms with E-state index < -0.39 is 0 Å². The SMILES string of the molecule is COC(=O)CC(CCc1ccc(N)cc1)c1cccc(C=NN)c1. The van der Waals surface area contributed by atoms with Crippen LogP contribution in [-0.2, 0) is 16.0 Å². The van der Waals surface area contributed by atoms with Crippen LogP contribution in [0.1, 0.15) is 35.4 Å². The molecule has 1 atom stereocenters. The minimum absolute atomic E-state index is 0.0705. The molecule has 126 valence electrons. The molecule has 0 aliphatic heterocycles. The van der Waals surface area contributed by atoms with Crippen LogP contribution in [-0.4, -0.2) is 19.3 Å². The maximum absolute atomic E-state index is 11.8. The van der Waals surface area contributed by atoms with Crippen molar-refractivity contribution in [3.05, 3.63) is 65.2 Å². The summed E-state index contributed by atoms with van der Waals surface area (Å²) in [6.45, 7) is 0. The van der Waals surface area contributed by atoms with Gasteiger partial charge in [0.25, 0.3) is 0 Å². The zero-order valence-electron chi connectivity index (χ0n) is 13.8. The van der Waals surface area contributed by atoms with Crippen molar-refractivity contribution in [2.45, 2.75) is 25.2 Å². The Labute approximate surface area is 142 Å². The van der Waals surface area contributed by atoms with Crippen LogP contribution in [0, 0.1) is 0 Å². The van der Waals surface area contributed by atoms with Gasteiger partial charge in [-0.1, -0.05) is 30.3 Å². The summed E-state index contributed by atoms with van der Waals surface area (Å²) < 4.78 is 4.85. The normalized spacial score (nSPS) is 12.2. The quantitative estimate of drug-likeness (QED) is 0.269. The molecule has 0 fully saturated rings. The summed E-state index contributed by atoms with van der Waals surface area (Å²) in [6.07, 6.45) is 3.63. The maximum atomic E-state index is 11.8. The highest BCUT2D eigenvalue weighted by molar-refractivity contribution is 5.79. The highest BCUT2D eigenvalue weighted by atomic mass is 16.5. The molecule has 0 aliphatic carbocycles. The number of methoxy groups -OCH3 is 1. The number of hydrogen-bond donors (Lipinski definition) is 2. The third kappa shape index (κ3) is 5.12. The third-order valence-corrected chi connectivity index (χ3v) is 4.01. The first-order chi connectivity index (χ1) is 11.6. The van der Waals surface area contributed by atoms with Crippen molar-refractivity contribution in [3.8, 4) is 0 Å². The van der Waals surface area contributed by atoms with Crippen molar-refractivity contribution >= 4 is 17.9 Å². The predicted molar refractivity (Wildman–Crippen MR) is 96.8 cm³/mol. The average molecular weight is 325 g/mol. The summed E-state index contributed by atoms with van der Waals surface area (Å²) in [5.41, 5.74) is 9.65. The number of hydrazone groups is 1. The van der Waals surface area contributed by atoms with Gasteiger partial charge in [0.1, 0.15) is 0 Å². The van der Waals surface area contributed by atoms with Gasteiger partial charge in [-0.2, -0.15) is 5.10 Å². The Kier molecular flexibility index (Phi) is 6.37. The first kappa shape index (κ1) is 17.5. The summed E-state index contributed by atoms with van der Waals surface area (Å²) in [7, 11) is 1.41. The van der Waals surface area contributed by atoms with E-state index in [1.807, 2.05) is 48.5 Å². The lowest BCUT2D eigenvalue weighted by Crippen LogP contribution is -2.10. The van der Waals surface area contributed by atoms with Crippen LogP contribution in [0.4, 0.5) is 5.69 Å². The molecule has 0 heterocycles. The average Bonchev–Trinajstić information content (AvgIpc) is 2.60. The molecule has 4 N–H and O–H groups in total. The van der Waals surface area contributed by atoms with Crippen molar-refractivity contribution in [1.29, 1.82) is 0 Å². The number of carbonyl (C=O) groups excluding carboxylic acids is 1. The Hall–Kier alpha value is -2.82. The van der Waals surface area contributed by atoms with Crippen molar-refractivity contribution in [2.24, 2.45) is 10.9 Å². The summed E-state index contributed by atoms with van der Waals surface area (Å²) in [6, 6.07) is 15.7. The van der Waals surface area contributed by atoms with E-state index in [1.54, 1.807) is 6.21 Å². The summed E-state index contributed by atoms with van der Waals surface area (Å²) in [5.74, 6) is 5.08. The molecule has 0 spiro atoms. The van der Waals surface area contributed by atoms with Crippen LogP contribution < -0.4 is 11.6 Å². The van der Waals surface area contributed by atoms with Gasteiger partial charge in [-0.15, -0.1) is 0 Å². The lowest BCUT2D eigenvalue weighted by atomic mass is 9.89. The summed E-state index contributed by atoms with van der Waals surface area (Å²) in [5, 5.41) is 3.56. The Morgan fingerprint density at radius 2 is 2.00 bits per heavy atom. The van der Waals surface area contributed by atoms with Gasteiger partial charge in [0, 0.05) is 5.69 Å². The van der Waals surface area contributed by atoms with Crippen molar-refractivity contribution in [3.63, 3.8) is 0 Å². The zero-order valence-corrected chi connectivity index (χ0v) is 13.8. The molecule has 5 heteroatoms. The third-order valence-electron chi connectivity index (χ3n) is 4.01. The molecule has 0 bridgehead atoms. The monoisotopic (exact) mass is 325 g/mol. The van der Waals surface area contributed by atoms with Gasteiger partial charge < -0.3 is 16.3 Å². The molecule has 0 saturated carbocycles. The van der Waals surface area contributed by atoms with E-state index in [4.69, 9.17) is 16.3 Å². The van der Waals surface area contributed by atoms with Crippen LogP contribution in [0.15, 0.2) is 53.6 Å². The maximum Gasteiger partial charge on any atom is 0.306 e. The lowest BCUT2D eigenvalue weighted by Gasteiger charge is -2.17. The van der Waals surface area contributed by atoms with Gasteiger partial charge in [0.05, 0.1) is 19.7 Å². The fraction of sp³-hybridized carbons (Fsp3) is 0.263. The van der Waals surface area contributed by atoms with Gasteiger partial charge in [-0.05, 0) is 53.6 Å². The smallest absolute Gasteiger partial charge is 0.306 e. The molecule has 24 heavy (non-hydrogen) atoms.